The van der Waals surface area contributed by atoms with Crippen LogP contribution < -0.4 is 11.1 Å². The number of halogens is 1. The molecule has 0 radical (unpaired) electrons. The summed E-state index contributed by atoms with van der Waals surface area (Å²) < 4.78 is 18.4. The van der Waals surface area contributed by atoms with E-state index in [4.69, 9.17) is 10.3 Å². The van der Waals surface area contributed by atoms with Crippen molar-refractivity contribution in [1.82, 2.24) is 5.16 Å². The van der Waals surface area contributed by atoms with Crippen LogP contribution in [0.1, 0.15) is 11.5 Å². The van der Waals surface area contributed by atoms with Crippen molar-refractivity contribution in [2.75, 3.05) is 11.1 Å². The number of anilines is 2. The molecule has 0 atom stereocenters. The first-order chi connectivity index (χ1) is 7.65. The number of benzene rings is 1. The van der Waals surface area contributed by atoms with E-state index in [-0.39, 0.29) is 5.82 Å². The predicted molar refractivity (Wildman–Crippen MR) is 59.4 cm³/mol. The van der Waals surface area contributed by atoms with Crippen LogP contribution in [0, 0.1) is 12.7 Å². The van der Waals surface area contributed by atoms with Crippen LogP contribution >= 0.6 is 0 Å². The number of aryl methyl sites for hydroxylation is 1. The largest absolute Gasteiger partial charge is 0.399 e. The SMILES string of the molecule is Cc1cc(CNc2ccc(N)cc2F)on1. The summed E-state index contributed by atoms with van der Waals surface area (Å²) in [7, 11) is 0. The topological polar surface area (TPSA) is 64.1 Å². The molecule has 0 saturated carbocycles. The summed E-state index contributed by atoms with van der Waals surface area (Å²) in [5.41, 5.74) is 7.04. The molecule has 1 aromatic heterocycles. The van der Waals surface area contributed by atoms with Crippen LogP contribution in [-0.2, 0) is 6.54 Å². The van der Waals surface area contributed by atoms with Crippen molar-refractivity contribution < 1.29 is 8.91 Å². The van der Waals surface area contributed by atoms with Crippen LogP contribution in [0.3, 0.4) is 0 Å². The van der Waals surface area contributed by atoms with Gasteiger partial charge in [-0.3, -0.25) is 0 Å². The third-order valence-corrected chi connectivity index (χ3v) is 2.12. The quantitative estimate of drug-likeness (QED) is 0.781. The molecule has 0 spiro atoms. The number of nitrogens with two attached hydrogens (primary N) is 1. The molecule has 0 unspecified atom stereocenters. The molecule has 0 amide bonds. The summed E-state index contributed by atoms with van der Waals surface area (Å²) in [5.74, 6) is 0.282. The van der Waals surface area contributed by atoms with E-state index in [1.165, 1.54) is 6.07 Å². The zero-order valence-corrected chi connectivity index (χ0v) is 8.83. The van der Waals surface area contributed by atoms with Gasteiger partial charge in [-0.15, -0.1) is 0 Å². The van der Waals surface area contributed by atoms with Gasteiger partial charge in [0.2, 0.25) is 0 Å². The summed E-state index contributed by atoms with van der Waals surface area (Å²) in [6.07, 6.45) is 0. The minimum absolute atomic E-state index is 0.378. The molecule has 2 rings (SSSR count). The smallest absolute Gasteiger partial charge is 0.156 e. The van der Waals surface area contributed by atoms with Gasteiger partial charge in [-0.2, -0.15) is 0 Å². The number of hydrogen-bond acceptors (Lipinski definition) is 4. The van der Waals surface area contributed by atoms with Gasteiger partial charge >= 0.3 is 0 Å². The van der Waals surface area contributed by atoms with Crippen LogP contribution in [0.15, 0.2) is 28.8 Å². The lowest BCUT2D eigenvalue weighted by molar-refractivity contribution is 0.384. The number of aromatic nitrogens is 1. The highest BCUT2D eigenvalue weighted by Gasteiger charge is 2.04. The summed E-state index contributed by atoms with van der Waals surface area (Å²) >= 11 is 0. The van der Waals surface area contributed by atoms with Gasteiger partial charge in [0.15, 0.2) is 5.76 Å². The Kier molecular flexibility index (Phi) is 2.76. The normalized spacial score (nSPS) is 10.4. The molecule has 4 nitrogen and oxygen atoms in total. The summed E-state index contributed by atoms with van der Waals surface area (Å²) in [6.45, 7) is 2.22. The van der Waals surface area contributed by atoms with E-state index >= 15 is 0 Å². The minimum atomic E-state index is -0.378. The lowest BCUT2D eigenvalue weighted by Crippen LogP contribution is -2.01. The highest BCUT2D eigenvalue weighted by molar-refractivity contribution is 5.52. The standard InChI is InChI=1S/C11H12FN3O/c1-7-4-9(16-15-7)6-14-11-3-2-8(13)5-10(11)12/h2-5,14H,6,13H2,1H3. The molecule has 1 heterocycles. The third-order valence-electron chi connectivity index (χ3n) is 2.12. The molecule has 2 aromatic rings. The van der Waals surface area contributed by atoms with Gasteiger partial charge in [0.25, 0.3) is 0 Å². The van der Waals surface area contributed by atoms with Crippen molar-refractivity contribution in [3.8, 4) is 0 Å². The molecular weight excluding hydrogens is 209 g/mol. The van der Waals surface area contributed by atoms with Crippen molar-refractivity contribution in [1.29, 1.82) is 0 Å². The highest BCUT2D eigenvalue weighted by atomic mass is 19.1. The van der Waals surface area contributed by atoms with E-state index in [0.717, 1.165) is 5.69 Å². The zero-order chi connectivity index (χ0) is 11.5. The van der Waals surface area contributed by atoms with E-state index in [0.29, 0.717) is 23.7 Å². The second kappa shape index (κ2) is 4.22. The second-order valence-corrected chi connectivity index (χ2v) is 3.53. The molecule has 0 aliphatic heterocycles. The Labute approximate surface area is 92.2 Å². The fourth-order valence-corrected chi connectivity index (χ4v) is 1.36. The number of hydrogen-bond donors (Lipinski definition) is 2. The van der Waals surface area contributed by atoms with Gasteiger partial charge in [0.05, 0.1) is 17.9 Å². The highest BCUT2D eigenvalue weighted by Crippen LogP contribution is 2.17. The zero-order valence-electron chi connectivity index (χ0n) is 8.83. The Morgan fingerprint density at radius 2 is 2.25 bits per heavy atom. The molecule has 3 N–H and O–H groups in total. The first-order valence-corrected chi connectivity index (χ1v) is 4.86. The van der Waals surface area contributed by atoms with Crippen LogP contribution in [0.2, 0.25) is 0 Å². The number of nitrogen functional groups attached to an aromatic ring is 1. The lowest BCUT2D eigenvalue weighted by atomic mass is 10.2. The average Bonchev–Trinajstić information content (AvgIpc) is 2.63. The second-order valence-electron chi connectivity index (χ2n) is 3.53. The Morgan fingerprint density at radius 3 is 2.88 bits per heavy atom. The minimum Gasteiger partial charge on any atom is -0.399 e. The molecule has 0 bridgehead atoms. The van der Waals surface area contributed by atoms with Gasteiger partial charge in [0.1, 0.15) is 5.82 Å². The monoisotopic (exact) mass is 221 g/mol. The summed E-state index contributed by atoms with van der Waals surface area (Å²) in [4.78, 5) is 0. The number of rotatable bonds is 3. The molecule has 5 heteroatoms. The molecule has 0 aliphatic rings. The van der Waals surface area contributed by atoms with Crippen molar-refractivity contribution in [2.45, 2.75) is 13.5 Å². The molecule has 0 saturated heterocycles. The molecule has 0 aliphatic carbocycles. The van der Waals surface area contributed by atoms with Crippen molar-refractivity contribution >= 4 is 11.4 Å². The molecular formula is C11H12FN3O. The third kappa shape index (κ3) is 2.31. The lowest BCUT2D eigenvalue weighted by Gasteiger charge is -2.05. The Morgan fingerprint density at radius 1 is 1.44 bits per heavy atom. The molecule has 1 aromatic carbocycles. The van der Waals surface area contributed by atoms with E-state index in [9.17, 15) is 4.39 Å². The van der Waals surface area contributed by atoms with Crippen molar-refractivity contribution in [3.63, 3.8) is 0 Å². The van der Waals surface area contributed by atoms with Gasteiger partial charge in [0, 0.05) is 11.8 Å². The first-order valence-electron chi connectivity index (χ1n) is 4.86. The van der Waals surface area contributed by atoms with Crippen molar-refractivity contribution in [3.05, 3.63) is 41.5 Å². The fraction of sp³-hybridized carbons (Fsp3) is 0.182. The Bertz CT molecular complexity index is 496. The molecule has 84 valence electrons. The summed E-state index contributed by atoms with van der Waals surface area (Å²) in [5, 5.41) is 6.64. The van der Waals surface area contributed by atoms with Gasteiger partial charge in [-0.1, -0.05) is 5.16 Å². The Balaban J connectivity index is 2.04. The number of nitrogens with zero attached hydrogens (tertiary/aromatic N) is 1. The molecule has 16 heavy (non-hydrogen) atoms. The van der Waals surface area contributed by atoms with E-state index in [1.807, 2.05) is 6.92 Å². The van der Waals surface area contributed by atoms with Crippen molar-refractivity contribution in [2.24, 2.45) is 0 Å². The van der Waals surface area contributed by atoms with Gasteiger partial charge < -0.3 is 15.6 Å². The fourth-order valence-electron chi connectivity index (χ4n) is 1.36. The average molecular weight is 221 g/mol. The van der Waals surface area contributed by atoms with Gasteiger partial charge in [-0.05, 0) is 25.1 Å². The maximum Gasteiger partial charge on any atom is 0.156 e. The van der Waals surface area contributed by atoms with Gasteiger partial charge in [-0.25, -0.2) is 4.39 Å². The first kappa shape index (κ1) is 10.5. The van der Waals surface area contributed by atoms with E-state index < -0.39 is 0 Å². The van der Waals surface area contributed by atoms with Crippen LogP contribution in [0.25, 0.3) is 0 Å². The Hall–Kier alpha value is -2.04. The molecule has 0 fully saturated rings. The summed E-state index contributed by atoms with van der Waals surface area (Å²) in [6, 6.07) is 6.29. The van der Waals surface area contributed by atoms with Crippen LogP contribution in [0.4, 0.5) is 15.8 Å². The van der Waals surface area contributed by atoms with Crippen LogP contribution in [0.5, 0.6) is 0 Å². The van der Waals surface area contributed by atoms with E-state index in [1.54, 1.807) is 18.2 Å². The van der Waals surface area contributed by atoms with Crippen LogP contribution in [-0.4, -0.2) is 5.16 Å². The van der Waals surface area contributed by atoms with E-state index in [2.05, 4.69) is 10.5 Å². The maximum absolute atomic E-state index is 13.4. The predicted octanol–water partition coefficient (Wildman–Crippen LogP) is 2.32. The maximum atomic E-state index is 13.4. The number of nitrogens with one attached hydrogen (secondary N) is 1.